The summed E-state index contributed by atoms with van der Waals surface area (Å²) in [6.07, 6.45) is 1.26. The first kappa shape index (κ1) is 18.1. The predicted octanol–water partition coefficient (Wildman–Crippen LogP) is 3.98. The summed E-state index contributed by atoms with van der Waals surface area (Å²) in [6.45, 7) is 3.86. The Morgan fingerprint density at radius 2 is 1.65 bits per heavy atom. The van der Waals surface area contributed by atoms with Crippen LogP contribution < -0.4 is 10.6 Å². The number of anilines is 2. The van der Waals surface area contributed by atoms with Crippen molar-refractivity contribution in [3.05, 3.63) is 59.7 Å². The van der Waals surface area contributed by atoms with Gasteiger partial charge in [-0.15, -0.1) is 0 Å². The summed E-state index contributed by atoms with van der Waals surface area (Å²) < 4.78 is 0. The van der Waals surface area contributed by atoms with Gasteiger partial charge in [-0.2, -0.15) is 0 Å². The van der Waals surface area contributed by atoms with E-state index >= 15 is 0 Å². The molecule has 0 spiro atoms. The van der Waals surface area contributed by atoms with Crippen LogP contribution in [-0.2, 0) is 4.79 Å². The summed E-state index contributed by atoms with van der Waals surface area (Å²) >= 11 is 0. The van der Waals surface area contributed by atoms with E-state index in [1.165, 1.54) is 0 Å². The lowest BCUT2D eigenvalue weighted by molar-refractivity contribution is -0.117. The number of aliphatic hydroxyl groups excluding tert-OH is 1. The van der Waals surface area contributed by atoms with Gasteiger partial charge in [-0.3, -0.25) is 9.59 Å². The molecule has 0 unspecified atom stereocenters. The topological polar surface area (TPSA) is 78.4 Å². The molecule has 0 aromatic heterocycles. The second kappa shape index (κ2) is 7.70. The zero-order valence-corrected chi connectivity index (χ0v) is 15.0. The lowest BCUT2D eigenvalue weighted by Gasteiger charge is -2.19. The number of nitrogens with one attached hydrogen (secondary N) is 2. The van der Waals surface area contributed by atoms with Gasteiger partial charge in [0.1, 0.15) is 0 Å². The number of carbonyl (C=O) groups is 2. The van der Waals surface area contributed by atoms with Gasteiger partial charge in [-0.25, -0.2) is 0 Å². The van der Waals surface area contributed by atoms with Crippen molar-refractivity contribution < 1.29 is 14.7 Å². The highest BCUT2D eigenvalue weighted by Crippen LogP contribution is 2.30. The minimum Gasteiger partial charge on any atom is -0.388 e. The lowest BCUT2D eigenvalue weighted by atomic mass is 9.97. The van der Waals surface area contributed by atoms with E-state index in [0.717, 1.165) is 12.8 Å². The molecule has 1 saturated carbocycles. The number of para-hydroxylation sites is 1. The van der Waals surface area contributed by atoms with Crippen molar-refractivity contribution in [2.24, 2.45) is 11.8 Å². The summed E-state index contributed by atoms with van der Waals surface area (Å²) in [5.74, 6) is -0.0310. The first-order valence-electron chi connectivity index (χ1n) is 8.95. The molecular weight excluding hydrogens is 328 g/mol. The van der Waals surface area contributed by atoms with Crippen LogP contribution in [0.5, 0.6) is 0 Å². The van der Waals surface area contributed by atoms with Crippen LogP contribution in [0.15, 0.2) is 48.5 Å². The van der Waals surface area contributed by atoms with Gasteiger partial charge >= 0.3 is 0 Å². The van der Waals surface area contributed by atoms with Gasteiger partial charge in [0.05, 0.1) is 6.10 Å². The molecule has 5 heteroatoms. The summed E-state index contributed by atoms with van der Waals surface area (Å²) in [5, 5.41) is 16.1. The number of hydrogen-bond donors (Lipinski definition) is 3. The first-order chi connectivity index (χ1) is 12.5. The van der Waals surface area contributed by atoms with Crippen molar-refractivity contribution in [1.29, 1.82) is 0 Å². The van der Waals surface area contributed by atoms with Gasteiger partial charge in [0.2, 0.25) is 5.91 Å². The molecule has 5 nitrogen and oxygen atoms in total. The van der Waals surface area contributed by atoms with E-state index in [1.54, 1.807) is 30.3 Å². The largest absolute Gasteiger partial charge is 0.388 e. The molecule has 3 rings (SSSR count). The van der Waals surface area contributed by atoms with Gasteiger partial charge in [-0.1, -0.05) is 32.0 Å². The van der Waals surface area contributed by atoms with Crippen LogP contribution in [0.3, 0.4) is 0 Å². The van der Waals surface area contributed by atoms with E-state index in [4.69, 9.17) is 0 Å². The quantitative estimate of drug-likeness (QED) is 0.736. The number of amides is 2. The van der Waals surface area contributed by atoms with E-state index in [1.807, 2.05) is 32.0 Å². The minimum absolute atomic E-state index is 0.0406. The molecule has 2 amide bonds. The second-order valence-electron chi connectivity index (χ2n) is 7.07. The molecule has 0 bridgehead atoms. The Bertz CT molecular complexity index is 795. The molecule has 2 aromatic rings. The Labute approximate surface area is 153 Å². The maximum Gasteiger partial charge on any atom is 0.255 e. The lowest BCUT2D eigenvalue weighted by Crippen LogP contribution is -2.16. The highest BCUT2D eigenvalue weighted by atomic mass is 16.3. The van der Waals surface area contributed by atoms with Crippen molar-refractivity contribution in [2.45, 2.75) is 32.8 Å². The number of aliphatic hydroxyl groups is 1. The molecule has 1 aliphatic carbocycles. The maximum atomic E-state index is 12.5. The number of carbonyl (C=O) groups excluding carboxylic acids is 2. The molecule has 1 atom stereocenters. The van der Waals surface area contributed by atoms with Crippen LogP contribution in [0, 0.1) is 11.8 Å². The van der Waals surface area contributed by atoms with Gasteiger partial charge in [0.15, 0.2) is 0 Å². The Hall–Kier alpha value is -2.66. The molecule has 0 aliphatic heterocycles. The number of rotatable bonds is 6. The third kappa shape index (κ3) is 4.29. The fourth-order valence-electron chi connectivity index (χ4n) is 2.72. The van der Waals surface area contributed by atoms with Crippen molar-refractivity contribution in [2.75, 3.05) is 10.6 Å². The van der Waals surface area contributed by atoms with Gasteiger partial charge in [0, 0.05) is 28.4 Å². The standard InChI is InChI=1S/C21H24N2O3/c1-13(2)19(24)17-5-3-4-6-18(17)23-21(26)15-9-11-16(12-10-15)22-20(25)14-7-8-14/h3-6,9-14,19,24H,7-8H2,1-2H3,(H,22,25)(H,23,26)/t19-/m0/s1. The molecule has 136 valence electrons. The zero-order valence-electron chi connectivity index (χ0n) is 15.0. The minimum atomic E-state index is -0.647. The van der Waals surface area contributed by atoms with Crippen molar-refractivity contribution >= 4 is 23.2 Å². The smallest absolute Gasteiger partial charge is 0.255 e. The summed E-state index contributed by atoms with van der Waals surface area (Å²) in [5.41, 5.74) is 2.48. The van der Waals surface area contributed by atoms with E-state index < -0.39 is 6.10 Å². The second-order valence-corrected chi connectivity index (χ2v) is 7.07. The van der Waals surface area contributed by atoms with Crippen LogP contribution in [0.25, 0.3) is 0 Å². The fraction of sp³-hybridized carbons (Fsp3) is 0.333. The van der Waals surface area contributed by atoms with Gasteiger partial charge in [-0.05, 0) is 49.1 Å². The molecule has 26 heavy (non-hydrogen) atoms. The Morgan fingerprint density at radius 3 is 2.27 bits per heavy atom. The number of benzene rings is 2. The van der Waals surface area contributed by atoms with E-state index in [9.17, 15) is 14.7 Å². The summed E-state index contributed by atoms with van der Waals surface area (Å²) in [6, 6.07) is 14.1. The molecule has 1 fully saturated rings. The average molecular weight is 352 g/mol. The van der Waals surface area contributed by atoms with E-state index in [-0.39, 0.29) is 23.7 Å². The van der Waals surface area contributed by atoms with Crippen LogP contribution >= 0.6 is 0 Å². The van der Waals surface area contributed by atoms with Gasteiger partial charge in [0.25, 0.3) is 5.91 Å². The van der Waals surface area contributed by atoms with Crippen LogP contribution in [0.2, 0.25) is 0 Å². The summed E-state index contributed by atoms with van der Waals surface area (Å²) in [4.78, 5) is 24.3. The molecule has 0 saturated heterocycles. The average Bonchev–Trinajstić information content (AvgIpc) is 3.47. The van der Waals surface area contributed by atoms with Crippen molar-refractivity contribution in [1.82, 2.24) is 0 Å². The normalized spacial score (nSPS) is 14.8. The van der Waals surface area contributed by atoms with Crippen LogP contribution in [-0.4, -0.2) is 16.9 Å². The maximum absolute atomic E-state index is 12.5. The first-order valence-corrected chi connectivity index (χ1v) is 8.95. The van der Waals surface area contributed by atoms with Crippen molar-refractivity contribution in [3.63, 3.8) is 0 Å². The fourth-order valence-corrected chi connectivity index (χ4v) is 2.72. The van der Waals surface area contributed by atoms with E-state index in [2.05, 4.69) is 10.6 Å². The van der Waals surface area contributed by atoms with Gasteiger partial charge < -0.3 is 15.7 Å². The van der Waals surface area contributed by atoms with Crippen LogP contribution in [0.4, 0.5) is 11.4 Å². The highest BCUT2D eigenvalue weighted by molar-refractivity contribution is 6.05. The van der Waals surface area contributed by atoms with E-state index in [0.29, 0.717) is 22.5 Å². The molecule has 2 aromatic carbocycles. The molecule has 0 radical (unpaired) electrons. The molecule has 0 heterocycles. The Balaban J connectivity index is 1.69. The zero-order chi connectivity index (χ0) is 18.7. The molecule has 3 N–H and O–H groups in total. The van der Waals surface area contributed by atoms with Crippen LogP contribution in [0.1, 0.15) is 48.7 Å². The predicted molar refractivity (Wildman–Crippen MR) is 102 cm³/mol. The monoisotopic (exact) mass is 352 g/mol. The Morgan fingerprint density at radius 1 is 1.00 bits per heavy atom. The SMILES string of the molecule is CC(C)[C@H](O)c1ccccc1NC(=O)c1ccc(NC(=O)C2CC2)cc1. The molecule has 1 aliphatic rings. The molecular formula is C21H24N2O3. The third-order valence-corrected chi connectivity index (χ3v) is 4.52. The van der Waals surface area contributed by atoms with Crippen molar-refractivity contribution in [3.8, 4) is 0 Å². The highest BCUT2D eigenvalue weighted by Gasteiger charge is 2.29. The third-order valence-electron chi connectivity index (χ3n) is 4.52. The number of hydrogen-bond acceptors (Lipinski definition) is 3. The summed E-state index contributed by atoms with van der Waals surface area (Å²) in [7, 11) is 0. The Kier molecular flexibility index (Phi) is 5.38.